The number of hydrogen-bond donors (Lipinski definition) is 6. The van der Waals surface area contributed by atoms with E-state index in [1.165, 1.54) is 86.3 Å². The molecule has 30 heteroatoms. The van der Waals surface area contributed by atoms with Gasteiger partial charge in [0.2, 0.25) is 5.43 Å². The Morgan fingerprint density at radius 2 is 1.10 bits per heavy atom. The number of esters is 8. The number of benzene rings is 4. The summed E-state index contributed by atoms with van der Waals surface area (Å²) in [7, 11) is 9.70. The van der Waals surface area contributed by atoms with Gasteiger partial charge in [0, 0.05) is 29.0 Å². The molecular formula is C63H75N7O23. The van der Waals surface area contributed by atoms with Crippen molar-refractivity contribution in [3.05, 3.63) is 128 Å². The number of anilines is 3. The summed E-state index contributed by atoms with van der Waals surface area (Å²) in [6.45, 7) is 11.1. The Balaban J connectivity index is 0.000000310. The fourth-order valence-corrected chi connectivity index (χ4v) is 8.16. The fraction of sp³-hybridized carbons (Fsp3) is 0.333. The second kappa shape index (κ2) is 38.3. The highest BCUT2D eigenvalue weighted by molar-refractivity contribution is 6.18. The zero-order chi connectivity index (χ0) is 69.5. The van der Waals surface area contributed by atoms with Crippen molar-refractivity contribution in [2.24, 2.45) is 11.8 Å². The molecule has 0 saturated carbocycles. The highest BCUT2D eigenvalue weighted by Crippen LogP contribution is 2.36. The average molecular weight is 1300 g/mol. The Bertz CT molecular complexity index is 3730. The number of rotatable bonds is 21. The first-order valence-electron chi connectivity index (χ1n) is 28.2. The minimum Gasteiger partial charge on any atom is -0.495 e. The first-order chi connectivity index (χ1) is 44.5. The van der Waals surface area contributed by atoms with E-state index in [-0.39, 0.29) is 78.7 Å². The lowest BCUT2D eigenvalue weighted by Gasteiger charge is -2.19. The van der Waals surface area contributed by atoms with Crippen LogP contribution < -0.4 is 52.0 Å². The number of aromatic nitrogens is 2. The number of amides is 1. The van der Waals surface area contributed by atoms with Crippen LogP contribution in [0, 0.1) is 5.92 Å². The molecule has 0 saturated heterocycles. The van der Waals surface area contributed by atoms with Crippen molar-refractivity contribution in [1.82, 2.24) is 15.4 Å². The van der Waals surface area contributed by atoms with Gasteiger partial charge in [-0.15, -0.1) is 0 Å². The van der Waals surface area contributed by atoms with E-state index in [0.29, 0.717) is 74.0 Å². The average Bonchev–Trinajstić information content (AvgIpc) is 0.782. The number of nitrogens with one attached hydrogen (secondary N) is 4. The third kappa shape index (κ3) is 20.4. The highest BCUT2D eigenvalue weighted by atomic mass is 16.6. The van der Waals surface area contributed by atoms with Crippen LogP contribution in [0.25, 0.3) is 21.8 Å². The lowest BCUT2D eigenvalue weighted by Crippen LogP contribution is -2.31. The van der Waals surface area contributed by atoms with Gasteiger partial charge in [-0.1, -0.05) is 6.92 Å². The van der Waals surface area contributed by atoms with Crippen molar-refractivity contribution in [2.75, 3.05) is 106 Å². The van der Waals surface area contributed by atoms with Gasteiger partial charge in [-0.05, 0) is 108 Å². The van der Waals surface area contributed by atoms with E-state index >= 15 is 0 Å². The van der Waals surface area contributed by atoms with Crippen LogP contribution in [0.3, 0.4) is 0 Å². The van der Waals surface area contributed by atoms with Crippen molar-refractivity contribution in [1.29, 1.82) is 0 Å². The number of Topliss-reactive ketones (excluding diaryl/α,β-unsaturated/α-hetero) is 1. The molecule has 0 radical (unpaired) electrons. The molecule has 500 valence electrons. The molecule has 93 heavy (non-hydrogen) atoms. The van der Waals surface area contributed by atoms with Crippen LogP contribution in [0.1, 0.15) is 110 Å². The molecule has 1 amide bonds. The molecule has 7 rings (SSSR count). The van der Waals surface area contributed by atoms with Gasteiger partial charge in [-0.3, -0.25) is 29.4 Å². The van der Waals surface area contributed by atoms with Gasteiger partial charge in [0.15, 0.2) is 17.3 Å². The number of carbonyl (C=O) groups excluding carboxylic acids is 10. The van der Waals surface area contributed by atoms with Gasteiger partial charge in [0.1, 0.15) is 39.8 Å². The summed E-state index contributed by atoms with van der Waals surface area (Å²) in [6, 6.07) is 17.2. The van der Waals surface area contributed by atoms with Crippen molar-refractivity contribution < 1.29 is 105 Å². The highest BCUT2D eigenvalue weighted by Gasteiger charge is 2.28. The number of methoxy groups -OCH3 is 7. The van der Waals surface area contributed by atoms with E-state index in [4.69, 9.17) is 54.2 Å². The number of aromatic amines is 1. The van der Waals surface area contributed by atoms with E-state index < -0.39 is 65.0 Å². The molecule has 1 aliphatic rings. The largest absolute Gasteiger partial charge is 0.495 e. The maximum Gasteiger partial charge on any atom is 0.347 e. The number of hydrazine groups is 1. The van der Waals surface area contributed by atoms with Crippen molar-refractivity contribution in [3.8, 4) is 23.0 Å². The predicted molar refractivity (Wildman–Crippen MR) is 336 cm³/mol. The zero-order valence-corrected chi connectivity index (χ0v) is 53.5. The number of nitrogen functional groups attached to an aromatic ring is 2. The first-order valence-corrected chi connectivity index (χ1v) is 28.2. The molecule has 30 nitrogen and oxygen atoms in total. The molecule has 0 atom stereocenters. The summed E-state index contributed by atoms with van der Waals surface area (Å²) < 4.78 is 58.4. The maximum absolute atomic E-state index is 12.6. The molecule has 4 aromatic carbocycles. The van der Waals surface area contributed by atoms with Gasteiger partial charge in [0.25, 0.3) is 5.91 Å². The van der Waals surface area contributed by atoms with Crippen molar-refractivity contribution >= 4 is 98.3 Å². The minimum atomic E-state index is -0.823. The number of ketones is 1. The lowest BCUT2D eigenvalue weighted by molar-refractivity contribution is -0.161. The van der Waals surface area contributed by atoms with Crippen LogP contribution >= 0.6 is 0 Å². The Kier molecular flexibility index (Phi) is 31.3. The topological polar surface area (TPSA) is 415 Å². The smallest absolute Gasteiger partial charge is 0.347 e. The Morgan fingerprint density at radius 3 is 1.59 bits per heavy atom. The summed E-state index contributed by atoms with van der Waals surface area (Å²) in [5.41, 5.74) is 10.2. The van der Waals surface area contributed by atoms with E-state index in [1.54, 1.807) is 77.9 Å². The normalized spacial score (nSPS) is 10.5. The van der Waals surface area contributed by atoms with Crippen molar-refractivity contribution in [3.63, 3.8) is 0 Å². The van der Waals surface area contributed by atoms with Crippen LogP contribution in [-0.2, 0) is 57.1 Å². The molecule has 0 fully saturated rings. The number of carbonyl (C=O) groups is 10. The Morgan fingerprint density at radius 1 is 0.581 bits per heavy atom. The van der Waals surface area contributed by atoms with E-state index in [9.17, 15) is 52.7 Å². The zero-order valence-electron chi connectivity index (χ0n) is 53.5. The number of nitrogens with two attached hydrogens (primary N) is 2. The van der Waals surface area contributed by atoms with Gasteiger partial charge < -0.3 is 78.2 Å². The second-order valence-electron chi connectivity index (χ2n) is 18.1. The SMILES string of the molecule is CCOC(=O)C(=CNc1cc(C(=O)OC)ccc1OC)C(=O)OCC.CCOC(=O)C(CC)C(=O)OCC.CCOC(=O)c1c[nH]c2c(OC)ccc(C(=O)OC)c2c1=O.COC(=O)c1ccc(OC)c(N)c1.COc1ccc2c3c(cc(C(=O)NN)nc13)NCC2=O. The number of hydrogen-bond acceptors (Lipinski definition) is 28. The summed E-state index contributed by atoms with van der Waals surface area (Å²) in [4.78, 5) is 136. The van der Waals surface area contributed by atoms with Gasteiger partial charge in [-0.2, -0.15) is 0 Å². The number of H-pyrrole nitrogens is 1. The molecule has 1 aliphatic heterocycles. The van der Waals surface area contributed by atoms with Crippen LogP contribution in [-0.4, -0.2) is 159 Å². The van der Waals surface area contributed by atoms with Gasteiger partial charge in [0.05, 0.1) is 128 Å². The molecular weight excluding hydrogens is 1220 g/mol. The van der Waals surface area contributed by atoms with Crippen LogP contribution in [0.15, 0.2) is 89.5 Å². The monoisotopic (exact) mass is 1300 g/mol. The molecule has 8 N–H and O–H groups in total. The quantitative estimate of drug-likeness (QED) is 0.00548. The van der Waals surface area contributed by atoms with E-state index in [2.05, 4.69) is 34.8 Å². The van der Waals surface area contributed by atoms with Gasteiger partial charge >= 0.3 is 47.8 Å². The molecule has 0 bridgehead atoms. The van der Waals surface area contributed by atoms with E-state index in [0.717, 1.165) is 6.20 Å². The number of pyridine rings is 2. The number of ether oxygens (including phenoxy) is 12. The van der Waals surface area contributed by atoms with Gasteiger partial charge in [-0.25, -0.2) is 39.6 Å². The predicted octanol–water partition coefficient (Wildman–Crippen LogP) is 6.06. The fourth-order valence-electron chi connectivity index (χ4n) is 8.16. The number of fused-ring (bicyclic) bond motifs is 1. The summed E-state index contributed by atoms with van der Waals surface area (Å²) in [5.74, 6) is 0.624. The molecule has 0 aliphatic carbocycles. The van der Waals surface area contributed by atoms with Crippen molar-refractivity contribution in [2.45, 2.75) is 48.0 Å². The van der Waals surface area contributed by atoms with Crippen LogP contribution in [0.5, 0.6) is 23.0 Å². The molecule has 2 aromatic heterocycles. The Labute approximate surface area is 533 Å². The Hall–Kier alpha value is -11.3. The second-order valence-corrected chi connectivity index (χ2v) is 18.1. The number of nitrogens with zero attached hydrogens (tertiary/aromatic N) is 1. The van der Waals surface area contributed by atoms with E-state index in [1.807, 2.05) is 5.43 Å². The molecule has 3 heterocycles. The molecule has 0 unspecified atom stereocenters. The third-order valence-corrected chi connectivity index (χ3v) is 12.6. The first kappa shape index (κ1) is 75.9. The van der Waals surface area contributed by atoms with Crippen LogP contribution in [0.2, 0.25) is 0 Å². The summed E-state index contributed by atoms with van der Waals surface area (Å²) in [5, 5.41) is 6.43. The summed E-state index contributed by atoms with van der Waals surface area (Å²) in [6.07, 6.45) is 2.80. The third-order valence-electron chi connectivity index (χ3n) is 12.6. The van der Waals surface area contributed by atoms with Crippen LogP contribution in [0.4, 0.5) is 17.1 Å². The lowest BCUT2D eigenvalue weighted by atomic mass is 9.98. The molecule has 6 aromatic rings. The minimum absolute atomic E-state index is 0.0248. The maximum atomic E-state index is 12.6. The standard InChI is InChI=1S/C17H21NO7.C15H15NO6.C13H12N4O3.C9H11NO3.C9H16O4/c1-5-24-16(20)12(17(21)25-6-2)10-18-13-9-11(15(19)23-4)7-8-14(13)22-3;1-4-22-15(19)9-7-16-12-10(20-2)6-5-8(14(18)21-3)11(12)13(9)17;1-20-10-3-2-6-9(18)5-15-7-4-8(13(19)17-14)16-12(10)11(6)7;1-12-8-4-3-6(5-7(8)10)9(11)13-2;1-4-7(8(10)12-5-2)9(11)13-6-3/h7-10,18H,5-6H2,1-4H3;5-7H,4H2,1-3H3,(H,16,17);2-4,15H,5,14H2,1H3,(H,17,19);3-5H,10H2,1-2H3;7H,4-6H2,1-3H3. The summed E-state index contributed by atoms with van der Waals surface area (Å²) >= 11 is 0. The molecule has 0 spiro atoms.